The van der Waals surface area contributed by atoms with Crippen molar-refractivity contribution in [2.24, 2.45) is 5.73 Å². The van der Waals surface area contributed by atoms with E-state index in [9.17, 15) is 9.59 Å². The van der Waals surface area contributed by atoms with Crippen LogP contribution in [0, 0.1) is 0 Å². The van der Waals surface area contributed by atoms with E-state index in [1.165, 1.54) is 0 Å². The fraction of sp³-hybridized carbons (Fsp3) is 0.467. The Kier molecular flexibility index (Phi) is 6.18. The van der Waals surface area contributed by atoms with Gasteiger partial charge >= 0.3 is 0 Å². The first-order chi connectivity index (χ1) is 9.45. The molecule has 0 saturated carbocycles. The van der Waals surface area contributed by atoms with Crippen LogP contribution in [0.25, 0.3) is 0 Å². The zero-order valence-electron chi connectivity index (χ0n) is 12.2. The van der Waals surface area contributed by atoms with Crippen molar-refractivity contribution in [2.45, 2.75) is 38.8 Å². The van der Waals surface area contributed by atoms with Gasteiger partial charge in [-0.25, -0.2) is 0 Å². The summed E-state index contributed by atoms with van der Waals surface area (Å²) >= 11 is 0. The van der Waals surface area contributed by atoms with Crippen LogP contribution in [0.5, 0.6) is 0 Å². The van der Waals surface area contributed by atoms with Gasteiger partial charge in [-0.3, -0.25) is 9.59 Å². The second kappa shape index (κ2) is 7.65. The summed E-state index contributed by atoms with van der Waals surface area (Å²) < 4.78 is 0. The Morgan fingerprint density at radius 1 is 1.05 bits per heavy atom. The zero-order chi connectivity index (χ0) is 15.1. The molecule has 110 valence electrons. The fourth-order valence-corrected chi connectivity index (χ4v) is 1.87. The molecule has 0 bridgehead atoms. The van der Waals surface area contributed by atoms with Crippen molar-refractivity contribution in [3.8, 4) is 0 Å². The van der Waals surface area contributed by atoms with E-state index < -0.39 is 12.0 Å². The van der Waals surface area contributed by atoms with Crippen molar-refractivity contribution in [1.82, 2.24) is 10.6 Å². The molecule has 0 radical (unpaired) electrons. The maximum absolute atomic E-state index is 12.2. The second-order valence-electron chi connectivity index (χ2n) is 5.09. The van der Waals surface area contributed by atoms with Crippen LogP contribution in [0.15, 0.2) is 30.3 Å². The van der Waals surface area contributed by atoms with Gasteiger partial charge in [-0.2, -0.15) is 0 Å². The maximum Gasteiger partial charge on any atom is 0.242 e. The molecular weight excluding hydrogens is 254 g/mol. The summed E-state index contributed by atoms with van der Waals surface area (Å²) in [5, 5.41) is 5.46. The van der Waals surface area contributed by atoms with Gasteiger partial charge in [0.15, 0.2) is 0 Å². The molecule has 0 heterocycles. The van der Waals surface area contributed by atoms with Crippen LogP contribution < -0.4 is 16.4 Å². The van der Waals surface area contributed by atoms with Gasteiger partial charge in [-0.1, -0.05) is 30.3 Å². The molecule has 0 aliphatic rings. The molecule has 0 fully saturated rings. The standard InChI is InChI=1S/C15H23N3O2/c1-10(2)17-14(19)11(3)18-15(20)13(9-16)12-7-5-4-6-8-12/h4-8,10-11,13H,9,16H2,1-3H3,(H,17,19)(H,18,20). The first kappa shape index (κ1) is 16.2. The van der Waals surface area contributed by atoms with Crippen molar-refractivity contribution in [2.75, 3.05) is 6.54 Å². The molecule has 5 heteroatoms. The highest BCUT2D eigenvalue weighted by atomic mass is 16.2. The molecule has 5 nitrogen and oxygen atoms in total. The summed E-state index contributed by atoms with van der Waals surface area (Å²) in [6, 6.07) is 8.78. The largest absolute Gasteiger partial charge is 0.352 e. The highest BCUT2D eigenvalue weighted by Gasteiger charge is 2.23. The maximum atomic E-state index is 12.2. The van der Waals surface area contributed by atoms with Gasteiger partial charge in [0.2, 0.25) is 11.8 Å². The van der Waals surface area contributed by atoms with Crippen LogP contribution in [-0.2, 0) is 9.59 Å². The number of amides is 2. The molecule has 0 aliphatic carbocycles. The third kappa shape index (κ3) is 4.66. The summed E-state index contributed by atoms with van der Waals surface area (Å²) in [6.45, 7) is 5.61. The van der Waals surface area contributed by atoms with Gasteiger partial charge in [0.05, 0.1) is 5.92 Å². The lowest BCUT2D eigenvalue weighted by Gasteiger charge is -2.20. The number of rotatable bonds is 6. The van der Waals surface area contributed by atoms with Crippen molar-refractivity contribution in [1.29, 1.82) is 0 Å². The van der Waals surface area contributed by atoms with E-state index in [1.807, 2.05) is 44.2 Å². The van der Waals surface area contributed by atoms with E-state index in [0.29, 0.717) is 0 Å². The molecule has 20 heavy (non-hydrogen) atoms. The topological polar surface area (TPSA) is 84.2 Å². The van der Waals surface area contributed by atoms with Crippen LogP contribution in [-0.4, -0.2) is 30.4 Å². The summed E-state index contributed by atoms with van der Waals surface area (Å²) in [4.78, 5) is 24.0. The van der Waals surface area contributed by atoms with Gasteiger partial charge in [-0.05, 0) is 26.3 Å². The molecule has 0 spiro atoms. The number of hydrogen-bond donors (Lipinski definition) is 3. The van der Waals surface area contributed by atoms with Crippen LogP contribution in [0.1, 0.15) is 32.3 Å². The van der Waals surface area contributed by atoms with Crippen LogP contribution >= 0.6 is 0 Å². The molecule has 2 amide bonds. The average molecular weight is 277 g/mol. The minimum absolute atomic E-state index is 0.0429. The summed E-state index contributed by atoms with van der Waals surface area (Å²) in [5.74, 6) is -0.868. The Bertz CT molecular complexity index is 446. The molecule has 2 atom stereocenters. The van der Waals surface area contributed by atoms with Gasteiger partial charge in [0.1, 0.15) is 6.04 Å². The predicted octanol–water partition coefficient (Wildman–Crippen LogP) is 0.758. The molecule has 1 aromatic rings. The van der Waals surface area contributed by atoms with E-state index >= 15 is 0 Å². The molecule has 0 aromatic heterocycles. The molecule has 1 rings (SSSR count). The highest BCUT2D eigenvalue weighted by molar-refractivity contribution is 5.90. The quantitative estimate of drug-likeness (QED) is 0.717. The van der Waals surface area contributed by atoms with Crippen LogP contribution in [0.3, 0.4) is 0 Å². The summed E-state index contributed by atoms with van der Waals surface area (Å²) in [6.07, 6.45) is 0. The number of nitrogens with two attached hydrogens (primary N) is 1. The van der Waals surface area contributed by atoms with Gasteiger partial charge in [-0.15, -0.1) is 0 Å². The number of carbonyl (C=O) groups excluding carboxylic acids is 2. The van der Waals surface area contributed by atoms with Crippen molar-refractivity contribution < 1.29 is 9.59 Å². The fourth-order valence-electron chi connectivity index (χ4n) is 1.87. The first-order valence-corrected chi connectivity index (χ1v) is 6.81. The third-order valence-electron chi connectivity index (χ3n) is 2.94. The Morgan fingerprint density at radius 2 is 1.65 bits per heavy atom. The number of hydrogen-bond acceptors (Lipinski definition) is 3. The number of benzene rings is 1. The van der Waals surface area contributed by atoms with E-state index in [2.05, 4.69) is 10.6 Å². The SMILES string of the molecule is CC(C)NC(=O)C(C)NC(=O)C(CN)c1ccccc1. The highest BCUT2D eigenvalue weighted by Crippen LogP contribution is 2.14. The molecular formula is C15H23N3O2. The van der Waals surface area contributed by atoms with Crippen molar-refractivity contribution in [3.63, 3.8) is 0 Å². The minimum Gasteiger partial charge on any atom is -0.352 e. The molecule has 1 aromatic carbocycles. The normalized spacial score (nSPS) is 13.7. The van der Waals surface area contributed by atoms with Gasteiger partial charge in [0.25, 0.3) is 0 Å². The average Bonchev–Trinajstić information content (AvgIpc) is 2.39. The van der Waals surface area contributed by atoms with Crippen molar-refractivity contribution >= 4 is 11.8 Å². The number of carbonyl (C=O) groups is 2. The molecule has 0 aliphatic heterocycles. The lowest BCUT2D eigenvalue weighted by Crippen LogP contribution is -2.48. The lowest BCUT2D eigenvalue weighted by molar-refractivity contribution is -0.129. The van der Waals surface area contributed by atoms with Crippen LogP contribution in [0.2, 0.25) is 0 Å². The summed E-state index contributed by atoms with van der Waals surface area (Å²) in [7, 11) is 0. The van der Waals surface area contributed by atoms with E-state index in [1.54, 1.807) is 6.92 Å². The summed E-state index contributed by atoms with van der Waals surface area (Å²) in [5.41, 5.74) is 6.53. The van der Waals surface area contributed by atoms with Crippen LogP contribution in [0.4, 0.5) is 0 Å². The Labute approximate surface area is 119 Å². The molecule has 0 saturated heterocycles. The molecule has 2 unspecified atom stereocenters. The van der Waals surface area contributed by atoms with E-state index in [4.69, 9.17) is 5.73 Å². The minimum atomic E-state index is -0.581. The first-order valence-electron chi connectivity index (χ1n) is 6.81. The molecule has 4 N–H and O–H groups in total. The van der Waals surface area contributed by atoms with E-state index in [-0.39, 0.29) is 24.4 Å². The Balaban J connectivity index is 2.67. The van der Waals surface area contributed by atoms with E-state index in [0.717, 1.165) is 5.56 Å². The van der Waals surface area contributed by atoms with Gasteiger partial charge in [0, 0.05) is 12.6 Å². The number of nitrogens with one attached hydrogen (secondary N) is 2. The predicted molar refractivity (Wildman–Crippen MR) is 79.1 cm³/mol. The second-order valence-corrected chi connectivity index (χ2v) is 5.09. The zero-order valence-corrected chi connectivity index (χ0v) is 12.2. The van der Waals surface area contributed by atoms with Gasteiger partial charge < -0.3 is 16.4 Å². The Hall–Kier alpha value is -1.88. The van der Waals surface area contributed by atoms with Crippen molar-refractivity contribution in [3.05, 3.63) is 35.9 Å². The Morgan fingerprint density at radius 3 is 2.15 bits per heavy atom. The smallest absolute Gasteiger partial charge is 0.242 e. The monoisotopic (exact) mass is 277 g/mol. The lowest BCUT2D eigenvalue weighted by atomic mass is 9.98. The third-order valence-corrected chi connectivity index (χ3v) is 2.94.